The summed E-state index contributed by atoms with van der Waals surface area (Å²) >= 11 is 0. The van der Waals surface area contributed by atoms with Crippen LogP contribution in [0.15, 0.2) is 36.5 Å². The molecule has 244 valence electrons. The van der Waals surface area contributed by atoms with E-state index >= 15 is 0 Å². The van der Waals surface area contributed by atoms with Crippen LogP contribution < -0.4 is 0 Å². The maximum Gasteiger partial charge on any atom is 0.306 e. The lowest BCUT2D eigenvalue weighted by Gasteiger charge is -2.18. The van der Waals surface area contributed by atoms with Crippen LogP contribution in [0.2, 0.25) is 0 Å². The van der Waals surface area contributed by atoms with Gasteiger partial charge < -0.3 is 9.84 Å². The van der Waals surface area contributed by atoms with Gasteiger partial charge in [0.2, 0.25) is 0 Å². The molecule has 0 spiro atoms. The highest BCUT2D eigenvalue weighted by atomic mass is 16.5. The number of carbonyl (C=O) groups is 2. The Morgan fingerprint density at radius 1 is 0.524 bits per heavy atom. The van der Waals surface area contributed by atoms with E-state index in [1.165, 1.54) is 109 Å². The van der Waals surface area contributed by atoms with Gasteiger partial charge in [0.1, 0.15) is 6.10 Å². The van der Waals surface area contributed by atoms with Crippen LogP contribution in [0, 0.1) is 0 Å². The lowest BCUT2D eigenvalue weighted by molar-refractivity contribution is -0.150. The molecule has 0 aromatic carbocycles. The fourth-order valence-electron chi connectivity index (χ4n) is 5.16. The zero-order valence-corrected chi connectivity index (χ0v) is 27.8. The first kappa shape index (κ1) is 40.2. The number of hydrogen-bond acceptors (Lipinski definition) is 3. The molecule has 0 bridgehead atoms. The van der Waals surface area contributed by atoms with Crippen LogP contribution in [0.3, 0.4) is 0 Å². The molecule has 1 N–H and O–H groups in total. The van der Waals surface area contributed by atoms with E-state index in [0.29, 0.717) is 19.3 Å². The fraction of sp³-hybridized carbons (Fsp3) is 0.789. The van der Waals surface area contributed by atoms with E-state index in [1.54, 1.807) is 0 Å². The van der Waals surface area contributed by atoms with Crippen molar-refractivity contribution >= 4 is 11.9 Å². The maximum absolute atomic E-state index is 12.4. The van der Waals surface area contributed by atoms with E-state index in [2.05, 4.69) is 50.3 Å². The van der Waals surface area contributed by atoms with Crippen molar-refractivity contribution in [2.24, 2.45) is 0 Å². The summed E-state index contributed by atoms with van der Waals surface area (Å²) in [4.78, 5) is 23.3. The zero-order valence-electron chi connectivity index (χ0n) is 27.8. The summed E-state index contributed by atoms with van der Waals surface area (Å²) < 4.78 is 5.77. The van der Waals surface area contributed by atoms with E-state index in [9.17, 15) is 9.59 Å². The Morgan fingerprint density at radius 3 is 1.55 bits per heavy atom. The normalized spacial score (nSPS) is 12.6. The second-order valence-electron chi connectivity index (χ2n) is 12.0. The Kier molecular flexibility index (Phi) is 32.2. The van der Waals surface area contributed by atoms with Crippen molar-refractivity contribution in [3.05, 3.63) is 36.5 Å². The molecule has 1 unspecified atom stereocenters. The van der Waals surface area contributed by atoms with Crippen LogP contribution in [0.5, 0.6) is 0 Å². The highest BCUT2D eigenvalue weighted by Gasteiger charge is 2.15. The summed E-state index contributed by atoms with van der Waals surface area (Å²) in [5.41, 5.74) is 0. The molecular weight excluding hydrogens is 520 g/mol. The first-order valence-electron chi connectivity index (χ1n) is 18.0. The predicted octanol–water partition coefficient (Wildman–Crippen LogP) is 12.2. The fourth-order valence-corrected chi connectivity index (χ4v) is 5.16. The summed E-state index contributed by atoms with van der Waals surface area (Å²) in [6.45, 7) is 4.48. The first-order chi connectivity index (χ1) is 20.6. The molecular formula is C38H68O4. The number of aliphatic carboxylic acids is 1. The van der Waals surface area contributed by atoms with Gasteiger partial charge in [0.15, 0.2) is 0 Å². The van der Waals surface area contributed by atoms with Gasteiger partial charge in [-0.15, -0.1) is 0 Å². The van der Waals surface area contributed by atoms with Gasteiger partial charge in [-0.1, -0.05) is 121 Å². The third-order valence-electron chi connectivity index (χ3n) is 7.83. The molecule has 0 saturated heterocycles. The molecule has 0 radical (unpaired) electrons. The molecule has 42 heavy (non-hydrogen) atoms. The molecule has 0 aromatic rings. The predicted molar refractivity (Wildman–Crippen MR) is 181 cm³/mol. The average Bonchev–Trinajstić information content (AvgIpc) is 2.97. The summed E-state index contributed by atoms with van der Waals surface area (Å²) in [6.07, 6.45) is 43.1. The second-order valence-corrected chi connectivity index (χ2v) is 12.0. The van der Waals surface area contributed by atoms with Crippen LogP contribution in [0.25, 0.3) is 0 Å². The van der Waals surface area contributed by atoms with Crippen molar-refractivity contribution in [3.63, 3.8) is 0 Å². The lowest BCUT2D eigenvalue weighted by atomic mass is 10.0. The Hall–Kier alpha value is -1.84. The van der Waals surface area contributed by atoms with Gasteiger partial charge >= 0.3 is 11.9 Å². The Bertz CT molecular complexity index is 679. The van der Waals surface area contributed by atoms with Crippen molar-refractivity contribution in [3.8, 4) is 0 Å². The standard InChI is InChI=1S/C38H68O4/c1-3-5-7-9-11-12-13-14-15-16-17-18-19-20-21-22-23-24-26-28-30-35-38(41)42-36(33-31-34-37(39)40)32-29-27-25-10-8-6-4-2/h11-12,14-15,20-21,36H,3-10,13,16-19,22-35H2,1-2H3,(H,39,40)/b12-11-,15-14-,21-20-. The minimum atomic E-state index is -0.776. The van der Waals surface area contributed by atoms with Gasteiger partial charge in [-0.05, 0) is 89.9 Å². The number of rotatable bonds is 32. The Labute approximate surface area is 260 Å². The maximum atomic E-state index is 12.4. The quantitative estimate of drug-likeness (QED) is 0.0482. The molecule has 0 aliphatic heterocycles. The molecule has 0 rings (SSSR count). The number of esters is 1. The van der Waals surface area contributed by atoms with E-state index in [0.717, 1.165) is 38.5 Å². The summed E-state index contributed by atoms with van der Waals surface area (Å²) in [7, 11) is 0. The molecule has 4 nitrogen and oxygen atoms in total. The van der Waals surface area contributed by atoms with Crippen molar-refractivity contribution in [2.75, 3.05) is 0 Å². The second kappa shape index (κ2) is 33.7. The van der Waals surface area contributed by atoms with E-state index < -0.39 is 5.97 Å². The number of carboxylic acids is 1. The highest BCUT2D eigenvalue weighted by Crippen LogP contribution is 2.17. The van der Waals surface area contributed by atoms with E-state index in [1.807, 2.05) is 0 Å². The van der Waals surface area contributed by atoms with Gasteiger partial charge in [0, 0.05) is 12.8 Å². The molecule has 0 saturated carbocycles. The molecule has 0 aromatic heterocycles. The number of ether oxygens (including phenoxy) is 1. The number of allylic oxidation sites excluding steroid dienone is 6. The van der Waals surface area contributed by atoms with Crippen LogP contribution in [0.1, 0.15) is 187 Å². The van der Waals surface area contributed by atoms with Crippen LogP contribution in [-0.4, -0.2) is 23.1 Å². The largest absolute Gasteiger partial charge is 0.481 e. The Morgan fingerprint density at radius 2 is 0.952 bits per heavy atom. The molecule has 0 aliphatic rings. The smallest absolute Gasteiger partial charge is 0.306 e. The third kappa shape index (κ3) is 32.7. The van der Waals surface area contributed by atoms with Gasteiger partial charge in [-0.3, -0.25) is 9.59 Å². The van der Waals surface area contributed by atoms with Gasteiger partial charge in [0.05, 0.1) is 0 Å². The van der Waals surface area contributed by atoms with Gasteiger partial charge in [-0.25, -0.2) is 0 Å². The number of hydrogen-bond donors (Lipinski definition) is 1. The van der Waals surface area contributed by atoms with Crippen molar-refractivity contribution in [2.45, 2.75) is 193 Å². The van der Waals surface area contributed by atoms with Gasteiger partial charge in [0.25, 0.3) is 0 Å². The number of carbonyl (C=O) groups excluding carboxylic acids is 1. The number of carboxylic acid groups (broad SMARTS) is 1. The first-order valence-corrected chi connectivity index (χ1v) is 18.0. The lowest BCUT2D eigenvalue weighted by Crippen LogP contribution is -2.18. The van der Waals surface area contributed by atoms with E-state index in [-0.39, 0.29) is 18.5 Å². The monoisotopic (exact) mass is 589 g/mol. The van der Waals surface area contributed by atoms with Gasteiger partial charge in [-0.2, -0.15) is 0 Å². The van der Waals surface area contributed by atoms with Crippen molar-refractivity contribution < 1.29 is 19.4 Å². The third-order valence-corrected chi connectivity index (χ3v) is 7.83. The summed E-state index contributed by atoms with van der Waals surface area (Å²) in [5.74, 6) is -0.881. The van der Waals surface area contributed by atoms with Crippen molar-refractivity contribution in [1.82, 2.24) is 0 Å². The minimum Gasteiger partial charge on any atom is -0.481 e. The molecule has 0 amide bonds. The number of unbranched alkanes of at least 4 members (excludes halogenated alkanes) is 17. The Balaban J connectivity index is 3.74. The van der Waals surface area contributed by atoms with Crippen molar-refractivity contribution in [1.29, 1.82) is 0 Å². The summed E-state index contributed by atoms with van der Waals surface area (Å²) in [5, 5.41) is 8.95. The molecule has 1 atom stereocenters. The molecule has 4 heteroatoms. The summed E-state index contributed by atoms with van der Waals surface area (Å²) in [6, 6.07) is 0. The topological polar surface area (TPSA) is 63.6 Å². The van der Waals surface area contributed by atoms with Crippen LogP contribution in [-0.2, 0) is 14.3 Å². The van der Waals surface area contributed by atoms with Crippen LogP contribution in [0.4, 0.5) is 0 Å². The highest BCUT2D eigenvalue weighted by molar-refractivity contribution is 5.69. The minimum absolute atomic E-state index is 0.105. The zero-order chi connectivity index (χ0) is 30.8. The molecule has 0 aliphatic carbocycles. The van der Waals surface area contributed by atoms with E-state index in [4.69, 9.17) is 9.84 Å². The van der Waals surface area contributed by atoms with Crippen LogP contribution >= 0.6 is 0 Å². The average molecular weight is 589 g/mol. The molecule has 0 heterocycles. The SMILES string of the molecule is CCCCC/C=C\C/C=C\CCCC/C=C\CCCCCCCC(=O)OC(CCCCCCCCC)CCCC(=O)O. The molecule has 0 fully saturated rings.